The van der Waals surface area contributed by atoms with Crippen LogP contribution in [0.3, 0.4) is 0 Å². The van der Waals surface area contributed by atoms with Gasteiger partial charge in [-0.3, -0.25) is 9.59 Å². The average molecular weight is 355 g/mol. The summed E-state index contributed by atoms with van der Waals surface area (Å²) in [5, 5.41) is 4.44. The number of rotatable bonds is 5. The smallest absolute Gasteiger partial charge is 0.309 e. The number of carbonyl (C=O) groups is 2. The van der Waals surface area contributed by atoms with Crippen molar-refractivity contribution in [1.82, 2.24) is 14.7 Å². The van der Waals surface area contributed by atoms with Crippen LogP contribution < -0.4 is 0 Å². The SMILES string of the molecule is CCOC(=O)C1CCN(C(=O)c2cnn(-c3ccccc3)c2CC)CC1. The molecule has 0 atom stereocenters. The zero-order valence-electron chi connectivity index (χ0n) is 15.4. The van der Waals surface area contributed by atoms with Crippen molar-refractivity contribution in [2.45, 2.75) is 33.1 Å². The monoisotopic (exact) mass is 355 g/mol. The summed E-state index contributed by atoms with van der Waals surface area (Å²) < 4.78 is 6.93. The third kappa shape index (κ3) is 3.64. The molecule has 0 N–H and O–H groups in total. The Morgan fingerprint density at radius 2 is 1.85 bits per heavy atom. The number of hydrogen-bond donors (Lipinski definition) is 0. The average Bonchev–Trinajstić information content (AvgIpc) is 3.12. The predicted molar refractivity (Wildman–Crippen MR) is 98.2 cm³/mol. The van der Waals surface area contributed by atoms with Gasteiger partial charge in [0.15, 0.2) is 0 Å². The maximum absolute atomic E-state index is 13.0. The maximum atomic E-state index is 13.0. The van der Waals surface area contributed by atoms with Crippen LogP contribution in [0, 0.1) is 5.92 Å². The van der Waals surface area contributed by atoms with Gasteiger partial charge in [0.1, 0.15) is 0 Å². The van der Waals surface area contributed by atoms with Gasteiger partial charge < -0.3 is 9.64 Å². The molecule has 1 fully saturated rings. The van der Waals surface area contributed by atoms with Crippen molar-refractivity contribution < 1.29 is 14.3 Å². The van der Waals surface area contributed by atoms with E-state index in [9.17, 15) is 9.59 Å². The van der Waals surface area contributed by atoms with Gasteiger partial charge in [-0.25, -0.2) is 4.68 Å². The van der Waals surface area contributed by atoms with Gasteiger partial charge in [0, 0.05) is 13.1 Å². The first-order valence-electron chi connectivity index (χ1n) is 9.23. The fourth-order valence-corrected chi connectivity index (χ4v) is 3.43. The first-order chi connectivity index (χ1) is 12.7. The number of aromatic nitrogens is 2. The van der Waals surface area contributed by atoms with E-state index in [4.69, 9.17) is 4.74 Å². The number of hydrogen-bond acceptors (Lipinski definition) is 4. The van der Waals surface area contributed by atoms with Crippen molar-refractivity contribution in [2.24, 2.45) is 5.92 Å². The Morgan fingerprint density at radius 3 is 2.46 bits per heavy atom. The van der Waals surface area contributed by atoms with Crippen LogP contribution >= 0.6 is 0 Å². The quantitative estimate of drug-likeness (QED) is 0.774. The molecule has 6 nitrogen and oxygen atoms in total. The van der Waals surface area contributed by atoms with Crippen molar-refractivity contribution in [1.29, 1.82) is 0 Å². The van der Waals surface area contributed by atoms with Crippen LogP contribution in [-0.2, 0) is 16.0 Å². The molecule has 1 saturated heterocycles. The second-order valence-corrected chi connectivity index (χ2v) is 6.42. The Bertz CT molecular complexity index is 762. The van der Waals surface area contributed by atoms with Gasteiger partial charge in [0.25, 0.3) is 5.91 Å². The fourth-order valence-electron chi connectivity index (χ4n) is 3.43. The maximum Gasteiger partial charge on any atom is 0.309 e. The Morgan fingerprint density at radius 1 is 1.15 bits per heavy atom. The molecule has 138 valence electrons. The van der Waals surface area contributed by atoms with Crippen molar-refractivity contribution >= 4 is 11.9 Å². The van der Waals surface area contributed by atoms with Crippen molar-refractivity contribution in [3.05, 3.63) is 47.8 Å². The number of esters is 1. The lowest BCUT2D eigenvalue weighted by atomic mass is 9.96. The first kappa shape index (κ1) is 18.2. The lowest BCUT2D eigenvalue weighted by Gasteiger charge is -2.30. The largest absolute Gasteiger partial charge is 0.466 e. The molecule has 1 aromatic heterocycles. The van der Waals surface area contributed by atoms with Crippen LogP contribution in [0.15, 0.2) is 36.5 Å². The van der Waals surface area contributed by atoms with Crippen molar-refractivity contribution in [3.8, 4) is 5.69 Å². The van der Waals surface area contributed by atoms with Crippen LogP contribution in [-0.4, -0.2) is 46.3 Å². The summed E-state index contributed by atoms with van der Waals surface area (Å²) in [5.74, 6) is -0.256. The van der Waals surface area contributed by atoms with Gasteiger partial charge in [-0.2, -0.15) is 5.10 Å². The number of benzene rings is 1. The molecule has 1 aromatic carbocycles. The molecule has 0 saturated carbocycles. The summed E-state index contributed by atoms with van der Waals surface area (Å²) in [5.41, 5.74) is 2.50. The molecule has 1 aliphatic heterocycles. The highest BCUT2D eigenvalue weighted by Crippen LogP contribution is 2.23. The number of amides is 1. The van der Waals surface area contributed by atoms with Crippen LogP contribution in [0.25, 0.3) is 5.69 Å². The summed E-state index contributed by atoms with van der Waals surface area (Å²) in [6.45, 7) is 5.38. The zero-order chi connectivity index (χ0) is 18.5. The number of carbonyl (C=O) groups excluding carboxylic acids is 2. The zero-order valence-corrected chi connectivity index (χ0v) is 15.4. The molecule has 0 aliphatic carbocycles. The third-order valence-corrected chi connectivity index (χ3v) is 4.84. The minimum absolute atomic E-state index is 0.00802. The van der Waals surface area contributed by atoms with Crippen LogP contribution in [0.2, 0.25) is 0 Å². The molecular formula is C20H25N3O3. The van der Waals surface area contributed by atoms with E-state index in [1.54, 1.807) is 6.20 Å². The van der Waals surface area contributed by atoms with E-state index in [2.05, 4.69) is 5.10 Å². The van der Waals surface area contributed by atoms with Gasteiger partial charge in [-0.15, -0.1) is 0 Å². The third-order valence-electron chi connectivity index (χ3n) is 4.84. The van der Waals surface area contributed by atoms with Crippen LogP contribution in [0.5, 0.6) is 0 Å². The highest BCUT2D eigenvalue weighted by Gasteiger charge is 2.30. The summed E-state index contributed by atoms with van der Waals surface area (Å²) in [6, 6.07) is 9.82. The Labute approximate surface area is 153 Å². The predicted octanol–water partition coefficient (Wildman–Crippen LogP) is 2.85. The number of ether oxygens (including phenoxy) is 1. The number of nitrogens with zero attached hydrogens (tertiary/aromatic N) is 3. The minimum Gasteiger partial charge on any atom is -0.466 e. The van der Waals surface area contributed by atoms with Crippen LogP contribution in [0.1, 0.15) is 42.7 Å². The number of likely N-dealkylation sites (tertiary alicyclic amines) is 1. The second-order valence-electron chi connectivity index (χ2n) is 6.42. The Kier molecular flexibility index (Phi) is 5.71. The molecule has 0 unspecified atom stereocenters. The van der Waals surface area contributed by atoms with E-state index in [1.165, 1.54) is 0 Å². The lowest BCUT2D eigenvalue weighted by Crippen LogP contribution is -2.40. The van der Waals surface area contributed by atoms with E-state index in [-0.39, 0.29) is 17.8 Å². The summed E-state index contributed by atoms with van der Waals surface area (Å²) in [4.78, 5) is 26.7. The van der Waals surface area contributed by atoms with Gasteiger partial charge in [0.2, 0.25) is 0 Å². The van der Waals surface area contributed by atoms with Gasteiger partial charge in [-0.05, 0) is 38.3 Å². The topological polar surface area (TPSA) is 64.4 Å². The standard InChI is InChI=1S/C20H25N3O3/c1-3-18-17(14-21-23(18)16-8-6-5-7-9-16)19(24)22-12-10-15(11-13-22)20(25)26-4-2/h5-9,14-15H,3-4,10-13H2,1-2H3. The second kappa shape index (κ2) is 8.17. The summed E-state index contributed by atoms with van der Waals surface area (Å²) in [7, 11) is 0. The molecule has 2 heterocycles. The van der Waals surface area contributed by atoms with Crippen molar-refractivity contribution in [3.63, 3.8) is 0 Å². The fraction of sp³-hybridized carbons (Fsp3) is 0.450. The highest BCUT2D eigenvalue weighted by molar-refractivity contribution is 5.95. The number of piperidine rings is 1. The van der Waals surface area contributed by atoms with E-state index in [0.717, 1.165) is 17.8 Å². The molecule has 0 spiro atoms. The molecule has 1 aliphatic rings. The van der Waals surface area contributed by atoms with E-state index in [1.807, 2.05) is 53.8 Å². The number of para-hydroxylation sites is 1. The molecule has 0 radical (unpaired) electrons. The molecular weight excluding hydrogens is 330 g/mol. The summed E-state index contributed by atoms with van der Waals surface area (Å²) >= 11 is 0. The molecule has 6 heteroatoms. The first-order valence-corrected chi connectivity index (χ1v) is 9.23. The molecule has 1 amide bonds. The molecule has 2 aromatic rings. The molecule has 26 heavy (non-hydrogen) atoms. The summed E-state index contributed by atoms with van der Waals surface area (Å²) in [6.07, 6.45) is 3.68. The Hall–Kier alpha value is -2.63. The molecule has 0 bridgehead atoms. The minimum atomic E-state index is -0.147. The van der Waals surface area contributed by atoms with Gasteiger partial charge in [-0.1, -0.05) is 25.1 Å². The molecule has 3 rings (SSSR count). The van der Waals surface area contributed by atoms with Crippen LogP contribution in [0.4, 0.5) is 0 Å². The highest BCUT2D eigenvalue weighted by atomic mass is 16.5. The normalized spacial score (nSPS) is 15.1. The Balaban J connectivity index is 1.73. The van der Waals surface area contributed by atoms with Crippen molar-refractivity contribution in [2.75, 3.05) is 19.7 Å². The van der Waals surface area contributed by atoms with Gasteiger partial charge >= 0.3 is 5.97 Å². The van der Waals surface area contributed by atoms with E-state index in [0.29, 0.717) is 38.1 Å². The van der Waals surface area contributed by atoms with E-state index >= 15 is 0 Å². The van der Waals surface area contributed by atoms with E-state index < -0.39 is 0 Å². The lowest BCUT2D eigenvalue weighted by molar-refractivity contribution is -0.149. The van der Waals surface area contributed by atoms with Gasteiger partial charge in [0.05, 0.1) is 35.7 Å².